The molecule has 0 radical (unpaired) electrons. The Hall–Kier alpha value is -0.830. The van der Waals surface area contributed by atoms with Gasteiger partial charge in [-0.3, -0.25) is 0 Å². The number of aryl methyl sites for hydroxylation is 1. The molecule has 2 aromatic rings. The average molecular weight is 340 g/mol. The zero-order valence-electron chi connectivity index (χ0n) is 10.5. The minimum Gasteiger partial charge on any atom is -0.393 e. The second kappa shape index (κ2) is 7.09. The van der Waals surface area contributed by atoms with Crippen molar-refractivity contribution in [1.82, 2.24) is 0 Å². The van der Waals surface area contributed by atoms with Crippen molar-refractivity contribution in [1.29, 1.82) is 0 Å². The zero-order valence-corrected chi connectivity index (χ0v) is 12.9. The van der Waals surface area contributed by atoms with E-state index in [1.807, 2.05) is 36.4 Å². The molecule has 1 nitrogen and oxygen atoms in total. The third-order valence-electron chi connectivity index (χ3n) is 3.08. The first-order valence-corrected chi connectivity index (χ1v) is 7.48. The van der Waals surface area contributed by atoms with Gasteiger partial charge in [0.2, 0.25) is 0 Å². The quantitative estimate of drug-likeness (QED) is 0.841. The number of aliphatic hydroxyl groups is 1. The molecule has 2 aromatic carbocycles. The molecule has 0 aliphatic rings. The predicted molar refractivity (Wildman–Crippen MR) is 83.6 cm³/mol. The topological polar surface area (TPSA) is 20.2 Å². The average Bonchev–Trinajstić information content (AvgIpc) is 2.41. The molecule has 1 unspecified atom stereocenters. The van der Waals surface area contributed by atoms with Gasteiger partial charge < -0.3 is 5.11 Å². The molecule has 0 aromatic heterocycles. The van der Waals surface area contributed by atoms with Crippen LogP contribution in [0.2, 0.25) is 5.02 Å². The fourth-order valence-electron chi connectivity index (χ4n) is 2.02. The van der Waals surface area contributed by atoms with E-state index in [1.54, 1.807) is 0 Å². The second-order valence-electron chi connectivity index (χ2n) is 4.62. The van der Waals surface area contributed by atoms with Gasteiger partial charge in [-0.1, -0.05) is 63.9 Å². The zero-order chi connectivity index (χ0) is 13.7. The van der Waals surface area contributed by atoms with Crippen LogP contribution < -0.4 is 0 Å². The summed E-state index contributed by atoms with van der Waals surface area (Å²) >= 11 is 9.53. The normalized spacial score (nSPS) is 12.4. The van der Waals surface area contributed by atoms with Gasteiger partial charge >= 0.3 is 0 Å². The van der Waals surface area contributed by atoms with E-state index in [2.05, 4.69) is 28.1 Å². The van der Waals surface area contributed by atoms with Crippen LogP contribution in [0.15, 0.2) is 53.0 Å². The van der Waals surface area contributed by atoms with Gasteiger partial charge in [-0.2, -0.15) is 0 Å². The summed E-state index contributed by atoms with van der Waals surface area (Å²) in [6, 6.07) is 16.0. The molecule has 19 heavy (non-hydrogen) atoms. The molecule has 0 fully saturated rings. The molecule has 1 atom stereocenters. The largest absolute Gasteiger partial charge is 0.393 e. The Morgan fingerprint density at radius 1 is 1.11 bits per heavy atom. The van der Waals surface area contributed by atoms with Gasteiger partial charge in [0.05, 0.1) is 6.10 Å². The summed E-state index contributed by atoms with van der Waals surface area (Å²) < 4.78 is 0.958. The maximum atomic E-state index is 10.1. The van der Waals surface area contributed by atoms with Crippen molar-refractivity contribution in [3.05, 3.63) is 69.2 Å². The van der Waals surface area contributed by atoms with E-state index in [-0.39, 0.29) is 6.10 Å². The van der Waals surface area contributed by atoms with Crippen LogP contribution in [0.25, 0.3) is 0 Å². The summed E-state index contributed by atoms with van der Waals surface area (Å²) in [5.74, 6) is 0. The highest BCUT2D eigenvalue weighted by Crippen LogP contribution is 2.23. The van der Waals surface area contributed by atoms with Crippen molar-refractivity contribution in [3.63, 3.8) is 0 Å². The van der Waals surface area contributed by atoms with Crippen LogP contribution in [-0.2, 0) is 12.8 Å². The van der Waals surface area contributed by atoms with Crippen LogP contribution >= 0.6 is 27.5 Å². The Kier molecular flexibility index (Phi) is 5.44. The van der Waals surface area contributed by atoms with Crippen molar-refractivity contribution in [2.24, 2.45) is 0 Å². The summed E-state index contributed by atoms with van der Waals surface area (Å²) in [6.07, 6.45) is 1.87. The van der Waals surface area contributed by atoms with Gasteiger partial charge in [-0.25, -0.2) is 0 Å². The Morgan fingerprint density at radius 2 is 1.84 bits per heavy atom. The van der Waals surface area contributed by atoms with Gasteiger partial charge in [0, 0.05) is 9.50 Å². The SMILES string of the molecule is OC(CCc1ccccc1)Cc1ccc(Br)cc1Cl. The number of hydrogen-bond donors (Lipinski definition) is 1. The molecule has 2 rings (SSSR count). The molecule has 3 heteroatoms. The maximum absolute atomic E-state index is 10.1. The number of hydrogen-bond acceptors (Lipinski definition) is 1. The molecule has 1 N–H and O–H groups in total. The number of halogens is 2. The van der Waals surface area contributed by atoms with Gasteiger partial charge in [-0.05, 0) is 42.5 Å². The number of benzene rings is 2. The fourth-order valence-corrected chi connectivity index (χ4v) is 2.77. The van der Waals surface area contributed by atoms with Crippen molar-refractivity contribution < 1.29 is 5.11 Å². The third kappa shape index (κ3) is 4.64. The Balaban J connectivity index is 1.89. The molecule has 0 aliphatic carbocycles. The van der Waals surface area contributed by atoms with Gasteiger partial charge in [-0.15, -0.1) is 0 Å². The van der Waals surface area contributed by atoms with Crippen LogP contribution in [0.5, 0.6) is 0 Å². The van der Waals surface area contributed by atoms with Crippen molar-refractivity contribution >= 4 is 27.5 Å². The molecule has 0 saturated heterocycles. The molecule has 0 bridgehead atoms. The highest BCUT2D eigenvalue weighted by atomic mass is 79.9. The number of rotatable bonds is 5. The third-order valence-corrected chi connectivity index (χ3v) is 3.92. The molecular weight excluding hydrogens is 324 g/mol. The number of aliphatic hydroxyl groups excluding tert-OH is 1. The van der Waals surface area contributed by atoms with Crippen LogP contribution in [-0.4, -0.2) is 11.2 Å². The van der Waals surface area contributed by atoms with Crippen LogP contribution in [0.1, 0.15) is 17.5 Å². The second-order valence-corrected chi connectivity index (χ2v) is 5.94. The Labute approximate surface area is 127 Å². The van der Waals surface area contributed by atoms with Gasteiger partial charge in [0.15, 0.2) is 0 Å². The standard InChI is InChI=1S/C16H16BrClO/c17-14-8-7-13(16(18)11-14)10-15(19)9-6-12-4-2-1-3-5-12/h1-5,7-8,11,15,19H,6,9-10H2. The van der Waals surface area contributed by atoms with Gasteiger partial charge in [0.25, 0.3) is 0 Å². The Bertz CT molecular complexity index is 528. The Morgan fingerprint density at radius 3 is 2.53 bits per heavy atom. The van der Waals surface area contributed by atoms with Crippen LogP contribution in [0.3, 0.4) is 0 Å². The van der Waals surface area contributed by atoms with E-state index in [0.717, 1.165) is 22.9 Å². The highest BCUT2D eigenvalue weighted by molar-refractivity contribution is 9.10. The molecular formula is C16H16BrClO. The summed E-state index contributed by atoms with van der Waals surface area (Å²) in [4.78, 5) is 0. The lowest BCUT2D eigenvalue weighted by Gasteiger charge is -2.12. The van der Waals surface area contributed by atoms with Crippen LogP contribution in [0.4, 0.5) is 0 Å². The van der Waals surface area contributed by atoms with Crippen molar-refractivity contribution in [2.75, 3.05) is 0 Å². The first kappa shape index (κ1) is 14.6. The monoisotopic (exact) mass is 338 g/mol. The van der Waals surface area contributed by atoms with E-state index >= 15 is 0 Å². The van der Waals surface area contributed by atoms with E-state index < -0.39 is 0 Å². The molecule has 0 aliphatic heterocycles. The smallest absolute Gasteiger partial charge is 0.0584 e. The first-order chi connectivity index (χ1) is 9.15. The minimum absolute atomic E-state index is 0.362. The van der Waals surface area contributed by atoms with Crippen LogP contribution in [0, 0.1) is 0 Å². The van der Waals surface area contributed by atoms with E-state index in [9.17, 15) is 5.11 Å². The maximum Gasteiger partial charge on any atom is 0.0584 e. The molecule has 0 spiro atoms. The summed E-state index contributed by atoms with van der Waals surface area (Å²) in [5.41, 5.74) is 2.24. The summed E-state index contributed by atoms with van der Waals surface area (Å²) in [7, 11) is 0. The molecule has 100 valence electrons. The molecule has 0 saturated carbocycles. The molecule has 0 heterocycles. The predicted octanol–water partition coefficient (Wildman–Crippen LogP) is 4.64. The summed E-state index contributed by atoms with van der Waals surface area (Å²) in [5, 5.41) is 10.8. The van der Waals surface area contributed by atoms with E-state index in [4.69, 9.17) is 11.6 Å². The first-order valence-electron chi connectivity index (χ1n) is 6.31. The van der Waals surface area contributed by atoms with E-state index in [1.165, 1.54) is 5.56 Å². The molecule has 0 amide bonds. The minimum atomic E-state index is -0.362. The fraction of sp³-hybridized carbons (Fsp3) is 0.250. The van der Waals surface area contributed by atoms with Gasteiger partial charge in [0.1, 0.15) is 0 Å². The van der Waals surface area contributed by atoms with Crippen molar-refractivity contribution in [2.45, 2.75) is 25.4 Å². The lowest BCUT2D eigenvalue weighted by molar-refractivity contribution is 0.165. The van der Waals surface area contributed by atoms with Crippen molar-refractivity contribution in [3.8, 4) is 0 Å². The highest BCUT2D eigenvalue weighted by Gasteiger charge is 2.09. The lowest BCUT2D eigenvalue weighted by atomic mass is 10.0. The summed E-state index contributed by atoms with van der Waals surface area (Å²) in [6.45, 7) is 0. The van der Waals surface area contributed by atoms with E-state index in [0.29, 0.717) is 11.4 Å². The lowest BCUT2D eigenvalue weighted by Crippen LogP contribution is -2.12.